The quantitative estimate of drug-likeness (QED) is 0.304. The van der Waals surface area contributed by atoms with Crippen molar-refractivity contribution in [3.8, 4) is 17.2 Å². The molecule has 0 saturated carbocycles. The maximum atomic E-state index is 14.1. The number of methoxy groups -OCH3 is 1. The molecule has 1 N–H and O–H groups in total. The minimum absolute atomic E-state index is 0.0192. The van der Waals surface area contributed by atoms with Crippen LogP contribution in [-0.2, 0) is 9.59 Å². The Kier molecular flexibility index (Phi) is 7.31. The number of carbonyl (C=O) groups excluding carboxylic acids is 1. The number of likely N-dealkylation sites (tertiary alicyclic amines) is 1. The molecule has 4 aromatic rings. The molecule has 0 radical (unpaired) electrons. The molecule has 1 fully saturated rings. The molecule has 4 aromatic carbocycles. The average molecular weight is 551 g/mol. The first-order valence-electron chi connectivity index (χ1n) is 13.5. The van der Waals surface area contributed by atoms with Gasteiger partial charge in [0, 0.05) is 29.9 Å². The van der Waals surface area contributed by atoms with Crippen LogP contribution < -0.4 is 19.1 Å². The summed E-state index contributed by atoms with van der Waals surface area (Å²) < 4.78 is 16.4. The fourth-order valence-electron chi connectivity index (χ4n) is 5.91. The number of aliphatic carboxylic acids is 1. The molecular formula is C33H30N2O6. The summed E-state index contributed by atoms with van der Waals surface area (Å²) in [6.07, 6.45) is 0. The van der Waals surface area contributed by atoms with Gasteiger partial charge in [0.2, 0.25) is 12.7 Å². The van der Waals surface area contributed by atoms with Gasteiger partial charge in [0.25, 0.3) is 0 Å². The van der Waals surface area contributed by atoms with Gasteiger partial charge in [-0.05, 0) is 59.7 Å². The lowest BCUT2D eigenvalue weighted by atomic mass is 9.82. The molecule has 0 bridgehead atoms. The van der Waals surface area contributed by atoms with E-state index in [4.69, 9.17) is 14.2 Å². The van der Waals surface area contributed by atoms with E-state index in [9.17, 15) is 14.7 Å². The molecule has 6 rings (SSSR count). The zero-order valence-electron chi connectivity index (χ0n) is 22.6. The van der Waals surface area contributed by atoms with E-state index in [1.54, 1.807) is 12.0 Å². The van der Waals surface area contributed by atoms with Crippen molar-refractivity contribution in [2.45, 2.75) is 12.0 Å². The van der Waals surface area contributed by atoms with E-state index in [1.165, 1.54) is 0 Å². The van der Waals surface area contributed by atoms with E-state index in [0.717, 1.165) is 22.5 Å². The molecule has 0 aliphatic carbocycles. The van der Waals surface area contributed by atoms with E-state index in [0.29, 0.717) is 23.8 Å². The largest absolute Gasteiger partial charge is 0.497 e. The second-order valence-corrected chi connectivity index (χ2v) is 10.1. The Hall–Kier alpha value is -4.82. The molecule has 0 aromatic heterocycles. The number of hydrogen-bond acceptors (Lipinski definition) is 6. The summed E-state index contributed by atoms with van der Waals surface area (Å²) in [5.74, 6) is -0.363. The standard InChI is InChI=1S/C33H30N2O6/c1-39-26-15-12-22(13-16-26)32-31(33(37)38)27(23-14-17-28-29(18-23)41-21-40-28)19-34(32)20-30(36)35(24-8-4-2-5-9-24)25-10-6-3-7-11-25/h2-18,27,31-32H,19-21H2,1H3,(H,37,38). The number of carboxylic acid groups (broad SMARTS) is 1. The molecule has 8 heteroatoms. The first-order valence-corrected chi connectivity index (χ1v) is 13.5. The van der Waals surface area contributed by atoms with Crippen molar-refractivity contribution in [1.82, 2.24) is 4.90 Å². The third-order valence-corrected chi connectivity index (χ3v) is 7.78. The Bertz CT molecular complexity index is 1490. The Morgan fingerprint density at radius 1 is 0.854 bits per heavy atom. The number of hydrogen-bond donors (Lipinski definition) is 1. The van der Waals surface area contributed by atoms with Crippen molar-refractivity contribution in [1.29, 1.82) is 0 Å². The van der Waals surface area contributed by atoms with Crippen LogP contribution in [0.2, 0.25) is 0 Å². The van der Waals surface area contributed by atoms with E-state index in [1.807, 2.05) is 108 Å². The molecule has 3 atom stereocenters. The van der Waals surface area contributed by atoms with E-state index in [2.05, 4.69) is 0 Å². The van der Waals surface area contributed by atoms with Crippen LogP contribution in [-0.4, -0.2) is 48.9 Å². The molecule has 1 saturated heterocycles. The highest BCUT2D eigenvalue weighted by atomic mass is 16.7. The van der Waals surface area contributed by atoms with E-state index >= 15 is 0 Å². The van der Waals surface area contributed by atoms with Gasteiger partial charge in [-0.15, -0.1) is 0 Å². The van der Waals surface area contributed by atoms with Gasteiger partial charge in [-0.3, -0.25) is 19.4 Å². The Morgan fingerprint density at radius 2 is 1.46 bits per heavy atom. The number of amides is 1. The first kappa shape index (κ1) is 26.4. The van der Waals surface area contributed by atoms with Crippen molar-refractivity contribution in [3.05, 3.63) is 114 Å². The van der Waals surface area contributed by atoms with Crippen LogP contribution in [0, 0.1) is 5.92 Å². The predicted octanol–water partition coefficient (Wildman–Crippen LogP) is 5.63. The highest BCUT2D eigenvalue weighted by Gasteiger charge is 2.48. The molecule has 2 aliphatic rings. The molecule has 1 amide bonds. The molecule has 8 nitrogen and oxygen atoms in total. The summed E-state index contributed by atoms with van der Waals surface area (Å²) >= 11 is 0. The average Bonchev–Trinajstić information content (AvgIpc) is 3.63. The molecule has 3 unspecified atom stereocenters. The number of rotatable bonds is 8. The van der Waals surface area contributed by atoms with Crippen molar-refractivity contribution < 1.29 is 28.9 Å². The van der Waals surface area contributed by atoms with Crippen molar-refractivity contribution in [2.75, 3.05) is 31.9 Å². The Labute approximate surface area is 238 Å². The van der Waals surface area contributed by atoms with Crippen LogP contribution in [0.5, 0.6) is 17.2 Å². The third kappa shape index (κ3) is 5.21. The smallest absolute Gasteiger partial charge is 0.309 e. The van der Waals surface area contributed by atoms with Crippen LogP contribution >= 0.6 is 0 Å². The van der Waals surface area contributed by atoms with Crippen LogP contribution in [0.1, 0.15) is 23.1 Å². The van der Waals surface area contributed by atoms with Gasteiger partial charge in [0.1, 0.15) is 5.75 Å². The molecule has 2 aliphatic heterocycles. The van der Waals surface area contributed by atoms with Gasteiger partial charge in [-0.2, -0.15) is 0 Å². The highest BCUT2D eigenvalue weighted by molar-refractivity contribution is 6.01. The molecule has 208 valence electrons. The normalized spacial score (nSPS) is 19.6. The minimum atomic E-state index is -0.925. The maximum absolute atomic E-state index is 14.1. The zero-order valence-corrected chi connectivity index (χ0v) is 22.6. The molecular weight excluding hydrogens is 520 g/mol. The summed E-state index contributed by atoms with van der Waals surface area (Å²) in [7, 11) is 1.59. The van der Waals surface area contributed by atoms with Gasteiger partial charge in [-0.25, -0.2) is 0 Å². The molecule has 2 heterocycles. The second kappa shape index (κ2) is 11.3. The number of nitrogens with zero attached hydrogens (tertiary/aromatic N) is 2. The van der Waals surface area contributed by atoms with Crippen molar-refractivity contribution >= 4 is 23.3 Å². The minimum Gasteiger partial charge on any atom is -0.497 e. The number of para-hydroxylation sites is 2. The summed E-state index contributed by atoms with van der Waals surface area (Å²) in [6, 6.07) is 31.4. The van der Waals surface area contributed by atoms with Gasteiger partial charge in [0.05, 0.1) is 19.6 Å². The number of anilines is 2. The fourth-order valence-corrected chi connectivity index (χ4v) is 5.91. The first-order chi connectivity index (χ1) is 20.0. The Balaban J connectivity index is 1.39. The maximum Gasteiger partial charge on any atom is 0.309 e. The number of benzene rings is 4. The van der Waals surface area contributed by atoms with Crippen molar-refractivity contribution in [2.24, 2.45) is 5.92 Å². The SMILES string of the molecule is COc1ccc(C2C(C(=O)O)C(c3ccc4c(c3)OCO4)CN2CC(=O)N(c2ccccc2)c2ccccc2)cc1. The summed E-state index contributed by atoms with van der Waals surface area (Å²) in [5, 5.41) is 10.6. The van der Waals surface area contributed by atoms with Crippen LogP contribution in [0.25, 0.3) is 0 Å². The number of fused-ring (bicyclic) bond motifs is 1. The monoisotopic (exact) mass is 550 g/mol. The van der Waals surface area contributed by atoms with Gasteiger partial charge in [-0.1, -0.05) is 54.6 Å². The van der Waals surface area contributed by atoms with Crippen LogP contribution in [0.3, 0.4) is 0 Å². The van der Waals surface area contributed by atoms with Gasteiger partial charge in [0.15, 0.2) is 11.5 Å². The number of carbonyl (C=O) groups is 2. The Morgan fingerprint density at radius 3 is 2.07 bits per heavy atom. The topological polar surface area (TPSA) is 88.5 Å². The van der Waals surface area contributed by atoms with Gasteiger partial charge < -0.3 is 19.3 Å². The highest BCUT2D eigenvalue weighted by Crippen LogP contribution is 2.48. The fraction of sp³-hybridized carbons (Fsp3) is 0.212. The van der Waals surface area contributed by atoms with E-state index < -0.39 is 17.9 Å². The lowest BCUT2D eigenvalue weighted by Gasteiger charge is -2.30. The number of ether oxygens (including phenoxy) is 3. The second-order valence-electron chi connectivity index (χ2n) is 10.1. The van der Waals surface area contributed by atoms with Crippen LogP contribution in [0.4, 0.5) is 11.4 Å². The van der Waals surface area contributed by atoms with Gasteiger partial charge >= 0.3 is 5.97 Å². The lowest BCUT2D eigenvalue weighted by molar-refractivity contribution is -0.143. The van der Waals surface area contributed by atoms with E-state index in [-0.39, 0.29) is 25.2 Å². The number of carboxylic acids is 1. The summed E-state index contributed by atoms with van der Waals surface area (Å²) in [4.78, 5) is 30.7. The summed E-state index contributed by atoms with van der Waals surface area (Å²) in [5.41, 5.74) is 3.12. The third-order valence-electron chi connectivity index (χ3n) is 7.78. The summed E-state index contributed by atoms with van der Waals surface area (Å²) in [6.45, 7) is 0.525. The zero-order chi connectivity index (χ0) is 28.3. The molecule has 41 heavy (non-hydrogen) atoms. The lowest BCUT2D eigenvalue weighted by Crippen LogP contribution is -2.39. The molecule has 0 spiro atoms. The predicted molar refractivity (Wildman–Crippen MR) is 154 cm³/mol. The van der Waals surface area contributed by atoms with Crippen LogP contribution in [0.15, 0.2) is 103 Å². The van der Waals surface area contributed by atoms with Crippen molar-refractivity contribution in [3.63, 3.8) is 0 Å².